The summed E-state index contributed by atoms with van der Waals surface area (Å²) < 4.78 is 26.3. The third kappa shape index (κ3) is 4.18. The summed E-state index contributed by atoms with van der Waals surface area (Å²) in [6.07, 6.45) is 0. The Morgan fingerprint density at radius 2 is 2.06 bits per heavy atom. The summed E-state index contributed by atoms with van der Waals surface area (Å²) in [5, 5.41) is 14.3. The van der Waals surface area contributed by atoms with Crippen LogP contribution < -0.4 is 10.6 Å². The van der Waals surface area contributed by atoms with E-state index in [0.717, 1.165) is 0 Å². The fourth-order valence-electron chi connectivity index (χ4n) is 1.11. The predicted octanol–water partition coefficient (Wildman–Crippen LogP) is 1.68. The maximum atomic E-state index is 13.5. The number of nitrogens with one attached hydrogen (secondary N) is 2. The number of aliphatic hydroxyl groups is 1. The van der Waals surface area contributed by atoms with Crippen molar-refractivity contribution in [2.75, 3.05) is 13.2 Å². The molecular weight excluding hydrogens is 314 g/mol. The van der Waals surface area contributed by atoms with E-state index in [1.807, 2.05) is 0 Å². The van der Waals surface area contributed by atoms with E-state index < -0.39 is 11.6 Å². The summed E-state index contributed by atoms with van der Waals surface area (Å²) in [6.45, 7) is 0.418. The van der Waals surface area contributed by atoms with Gasteiger partial charge in [0.25, 0.3) is 0 Å². The Bertz CT molecular complexity index is 418. The monoisotopic (exact) mass is 324 g/mol. The van der Waals surface area contributed by atoms with Gasteiger partial charge in [-0.25, -0.2) is 8.78 Å². The van der Waals surface area contributed by atoms with Gasteiger partial charge >= 0.3 is 0 Å². The third-order valence-corrected chi connectivity index (χ3v) is 2.97. The average Bonchev–Trinajstić information content (AvgIpc) is 2.32. The van der Waals surface area contributed by atoms with Gasteiger partial charge in [0.2, 0.25) is 0 Å². The lowest BCUT2D eigenvalue weighted by molar-refractivity contribution is 0.300. The number of hydrogen-bond acceptors (Lipinski definition) is 2. The van der Waals surface area contributed by atoms with Crippen LogP contribution in [0.3, 0.4) is 0 Å². The minimum Gasteiger partial charge on any atom is -0.395 e. The van der Waals surface area contributed by atoms with Gasteiger partial charge in [-0.05, 0) is 34.2 Å². The van der Waals surface area contributed by atoms with E-state index in [9.17, 15) is 8.78 Å². The van der Waals surface area contributed by atoms with Crippen molar-refractivity contribution in [2.24, 2.45) is 0 Å². The van der Waals surface area contributed by atoms with Crippen LogP contribution >= 0.6 is 28.1 Å². The third-order valence-electron chi connectivity index (χ3n) is 1.95. The second-order valence-corrected chi connectivity index (χ2v) is 4.37. The molecule has 0 spiro atoms. The molecule has 7 heteroatoms. The zero-order valence-corrected chi connectivity index (χ0v) is 11.2. The van der Waals surface area contributed by atoms with Crippen molar-refractivity contribution in [3.8, 4) is 0 Å². The SMILES string of the molecule is OCCNC(=S)NCc1ccc(F)c(Br)c1F. The first-order valence-electron chi connectivity index (χ1n) is 4.81. The highest BCUT2D eigenvalue weighted by Gasteiger charge is 2.10. The molecule has 0 fully saturated rings. The molecule has 3 N–H and O–H groups in total. The topological polar surface area (TPSA) is 44.3 Å². The van der Waals surface area contributed by atoms with Crippen LogP contribution in [0, 0.1) is 11.6 Å². The van der Waals surface area contributed by atoms with Gasteiger partial charge in [-0.2, -0.15) is 0 Å². The molecule has 0 atom stereocenters. The maximum absolute atomic E-state index is 13.5. The number of hydrogen-bond donors (Lipinski definition) is 3. The van der Waals surface area contributed by atoms with Crippen LogP contribution in [0.4, 0.5) is 8.78 Å². The molecule has 0 aliphatic heterocycles. The second kappa shape index (κ2) is 6.83. The molecule has 1 rings (SSSR count). The molecule has 1 aromatic rings. The number of benzene rings is 1. The summed E-state index contributed by atoms with van der Waals surface area (Å²) in [5.41, 5.74) is 0.298. The molecule has 3 nitrogen and oxygen atoms in total. The first-order chi connectivity index (χ1) is 8.06. The molecule has 0 aromatic heterocycles. The van der Waals surface area contributed by atoms with E-state index >= 15 is 0 Å². The smallest absolute Gasteiger partial charge is 0.166 e. The summed E-state index contributed by atoms with van der Waals surface area (Å²) >= 11 is 7.70. The van der Waals surface area contributed by atoms with Crippen LogP contribution in [0.1, 0.15) is 5.56 Å². The van der Waals surface area contributed by atoms with Crippen molar-refractivity contribution in [1.29, 1.82) is 0 Å². The van der Waals surface area contributed by atoms with E-state index in [4.69, 9.17) is 17.3 Å². The molecule has 0 saturated heterocycles. The quantitative estimate of drug-likeness (QED) is 0.582. The molecular formula is C10H11BrF2N2OS. The Kier molecular flexibility index (Phi) is 5.73. The van der Waals surface area contributed by atoms with Crippen molar-refractivity contribution in [2.45, 2.75) is 6.54 Å². The van der Waals surface area contributed by atoms with E-state index in [0.29, 0.717) is 17.2 Å². The Hall–Kier alpha value is -0.790. The molecule has 1 aromatic carbocycles. The van der Waals surface area contributed by atoms with Crippen molar-refractivity contribution >= 4 is 33.3 Å². The van der Waals surface area contributed by atoms with Crippen LogP contribution in [-0.4, -0.2) is 23.4 Å². The molecule has 0 radical (unpaired) electrons. The van der Waals surface area contributed by atoms with Gasteiger partial charge in [0.1, 0.15) is 11.6 Å². The Balaban J connectivity index is 2.58. The van der Waals surface area contributed by atoms with E-state index in [1.54, 1.807) is 0 Å². The van der Waals surface area contributed by atoms with Gasteiger partial charge in [0, 0.05) is 18.7 Å². The summed E-state index contributed by atoms with van der Waals surface area (Å²) in [6, 6.07) is 2.52. The minimum absolute atomic E-state index is 0.0434. The molecule has 0 aliphatic rings. The molecule has 0 heterocycles. The van der Waals surface area contributed by atoms with Gasteiger partial charge in [0.05, 0.1) is 11.1 Å². The molecule has 0 bridgehead atoms. The molecule has 0 saturated carbocycles. The van der Waals surface area contributed by atoms with E-state index in [1.165, 1.54) is 12.1 Å². The summed E-state index contributed by atoms with van der Waals surface area (Å²) in [4.78, 5) is 0. The molecule has 0 aliphatic carbocycles. The zero-order chi connectivity index (χ0) is 12.8. The largest absolute Gasteiger partial charge is 0.395 e. The molecule has 17 heavy (non-hydrogen) atoms. The van der Waals surface area contributed by atoms with Gasteiger partial charge in [-0.1, -0.05) is 6.07 Å². The van der Waals surface area contributed by atoms with E-state index in [2.05, 4.69) is 26.6 Å². The van der Waals surface area contributed by atoms with Crippen molar-refractivity contribution in [3.05, 3.63) is 33.8 Å². The van der Waals surface area contributed by atoms with Gasteiger partial charge in [0.15, 0.2) is 5.11 Å². The number of halogens is 3. The first kappa shape index (κ1) is 14.3. The Morgan fingerprint density at radius 1 is 1.35 bits per heavy atom. The normalized spacial score (nSPS) is 10.1. The van der Waals surface area contributed by atoms with Crippen LogP contribution in [0.25, 0.3) is 0 Å². The highest BCUT2D eigenvalue weighted by Crippen LogP contribution is 2.22. The summed E-state index contributed by atoms with van der Waals surface area (Å²) in [7, 11) is 0. The predicted molar refractivity (Wildman–Crippen MR) is 68.6 cm³/mol. The minimum atomic E-state index is -0.651. The lowest BCUT2D eigenvalue weighted by Gasteiger charge is -2.10. The van der Waals surface area contributed by atoms with Gasteiger partial charge in [-0.15, -0.1) is 0 Å². The van der Waals surface area contributed by atoms with Gasteiger partial charge < -0.3 is 15.7 Å². The number of aliphatic hydroxyl groups excluding tert-OH is 1. The molecule has 94 valence electrons. The summed E-state index contributed by atoms with van der Waals surface area (Å²) in [5.74, 6) is -1.30. The number of rotatable bonds is 4. The standard InChI is InChI=1S/C10H11BrF2N2OS/c11-8-7(12)2-1-6(9(8)13)5-15-10(17)14-3-4-16/h1-2,16H,3-5H2,(H2,14,15,17). The Morgan fingerprint density at radius 3 is 2.71 bits per heavy atom. The number of thiocarbonyl (C=S) groups is 1. The zero-order valence-electron chi connectivity index (χ0n) is 8.77. The van der Waals surface area contributed by atoms with Crippen molar-refractivity contribution in [1.82, 2.24) is 10.6 Å². The van der Waals surface area contributed by atoms with E-state index in [-0.39, 0.29) is 17.6 Å². The molecule has 0 unspecified atom stereocenters. The highest BCUT2D eigenvalue weighted by atomic mass is 79.9. The lowest BCUT2D eigenvalue weighted by Crippen LogP contribution is -2.36. The lowest BCUT2D eigenvalue weighted by atomic mass is 10.2. The van der Waals surface area contributed by atoms with Crippen molar-refractivity contribution in [3.63, 3.8) is 0 Å². The van der Waals surface area contributed by atoms with Crippen LogP contribution in [0.2, 0.25) is 0 Å². The highest BCUT2D eigenvalue weighted by molar-refractivity contribution is 9.10. The molecule has 0 amide bonds. The van der Waals surface area contributed by atoms with Crippen LogP contribution in [0.15, 0.2) is 16.6 Å². The fraction of sp³-hybridized carbons (Fsp3) is 0.300. The Labute approximate surface area is 111 Å². The second-order valence-electron chi connectivity index (χ2n) is 3.17. The van der Waals surface area contributed by atoms with Crippen LogP contribution in [0.5, 0.6) is 0 Å². The fourth-order valence-corrected chi connectivity index (χ4v) is 1.67. The van der Waals surface area contributed by atoms with Gasteiger partial charge in [-0.3, -0.25) is 0 Å². The van der Waals surface area contributed by atoms with Crippen molar-refractivity contribution < 1.29 is 13.9 Å². The first-order valence-corrected chi connectivity index (χ1v) is 6.01. The van der Waals surface area contributed by atoms with Crippen LogP contribution in [-0.2, 0) is 6.54 Å². The maximum Gasteiger partial charge on any atom is 0.166 e. The average molecular weight is 325 g/mol.